The molecule has 0 saturated heterocycles. The average Bonchev–Trinajstić information content (AvgIpc) is 2.34. The van der Waals surface area contributed by atoms with E-state index in [1.807, 2.05) is 0 Å². The lowest BCUT2D eigenvalue weighted by Crippen LogP contribution is -2.24. The summed E-state index contributed by atoms with van der Waals surface area (Å²) in [7, 11) is 0. The van der Waals surface area contributed by atoms with Crippen molar-refractivity contribution >= 4 is 33.4 Å². The van der Waals surface area contributed by atoms with Crippen molar-refractivity contribution in [1.29, 1.82) is 0 Å². The van der Waals surface area contributed by atoms with Crippen LogP contribution in [0.4, 0.5) is 0 Å². The topological polar surface area (TPSA) is 29.1 Å². The summed E-state index contributed by atoms with van der Waals surface area (Å²) in [5, 5.41) is 4.56. The van der Waals surface area contributed by atoms with E-state index in [0.29, 0.717) is 16.5 Å². The molecule has 2 nitrogen and oxygen atoms in total. The van der Waals surface area contributed by atoms with Crippen LogP contribution < -0.4 is 5.32 Å². The second-order valence-corrected chi connectivity index (χ2v) is 5.25. The van der Waals surface area contributed by atoms with E-state index in [0.717, 1.165) is 24.7 Å². The lowest BCUT2D eigenvalue weighted by Gasteiger charge is -2.08. The monoisotopic (exact) mass is 317 g/mol. The van der Waals surface area contributed by atoms with E-state index in [-0.39, 0.29) is 5.91 Å². The van der Waals surface area contributed by atoms with Crippen LogP contribution in [0.3, 0.4) is 0 Å². The Balaban J connectivity index is 2.28. The predicted octanol–water partition coefficient (Wildman–Crippen LogP) is 3.88. The Morgan fingerprint density at radius 3 is 2.65 bits per heavy atom. The Labute approximate surface area is 116 Å². The maximum atomic E-state index is 11.7. The smallest absolute Gasteiger partial charge is 0.251 e. The van der Waals surface area contributed by atoms with Gasteiger partial charge in [-0.1, -0.05) is 34.5 Å². The minimum atomic E-state index is -0.0341. The Bertz CT molecular complexity index is 353. The number of carbonyl (C=O) groups is 1. The number of carbonyl (C=O) groups excluding carboxylic acids is 1. The van der Waals surface area contributed by atoms with Gasteiger partial charge >= 0.3 is 0 Å². The van der Waals surface area contributed by atoms with Gasteiger partial charge in [0.15, 0.2) is 0 Å². The van der Waals surface area contributed by atoms with Crippen molar-refractivity contribution < 1.29 is 4.79 Å². The molecule has 0 fully saturated rings. The van der Waals surface area contributed by atoms with E-state index in [2.05, 4.69) is 28.2 Å². The molecule has 4 heteroatoms. The number of rotatable bonds is 6. The first-order chi connectivity index (χ1) is 8.13. The molecule has 0 aromatic heterocycles. The molecule has 0 saturated carbocycles. The van der Waals surface area contributed by atoms with Crippen molar-refractivity contribution in [2.24, 2.45) is 5.92 Å². The number of halogens is 2. The Hall–Kier alpha value is -0.540. The first-order valence-corrected chi connectivity index (χ1v) is 7.23. The van der Waals surface area contributed by atoms with Gasteiger partial charge in [-0.25, -0.2) is 0 Å². The third-order valence-electron chi connectivity index (χ3n) is 2.53. The van der Waals surface area contributed by atoms with Crippen LogP contribution in [0.2, 0.25) is 5.02 Å². The lowest BCUT2D eigenvalue weighted by molar-refractivity contribution is 0.0952. The van der Waals surface area contributed by atoms with E-state index < -0.39 is 0 Å². The van der Waals surface area contributed by atoms with Gasteiger partial charge in [-0.05, 0) is 43.0 Å². The molecule has 0 aliphatic carbocycles. The maximum Gasteiger partial charge on any atom is 0.251 e. The third kappa shape index (κ3) is 5.55. The third-order valence-corrected chi connectivity index (χ3v) is 3.89. The number of hydrogen-bond acceptors (Lipinski definition) is 1. The fraction of sp³-hybridized carbons (Fsp3) is 0.462. The van der Waals surface area contributed by atoms with Gasteiger partial charge in [0.1, 0.15) is 0 Å². The van der Waals surface area contributed by atoms with Crippen LogP contribution >= 0.6 is 27.5 Å². The van der Waals surface area contributed by atoms with Crippen molar-refractivity contribution in [3.05, 3.63) is 34.9 Å². The number of amides is 1. The molecule has 17 heavy (non-hydrogen) atoms. The highest BCUT2D eigenvalue weighted by molar-refractivity contribution is 9.09. The van der Waals surface area contributed by atoms with Crippen LogP contribution in [0.15, 0.2) is 24.3 Å². The summed E-state index contributed by atoms with van der Waals surface area (Å²) in [4.78, 5) is 11.7. The van der Waals surface area contributed by atoms with Crippen molar-refractivity contribution in [3.8, 4) is 0 Å². The molecule has 0 heterocycles. The molecule has 0 bridgehead atoms. The fourth-order valence-corrected chi connectivity index (χ4v) is 1.88. The molecule has 1 aromatic rings. The highest BCUT2D eigenvalue weighted by Crippen LogP contribution is 2.10. The standard InChI is InChI=1S/C13H17BrClNO/c1-10(9-14)3-2-8-16-13(17)11-4-6-12(15)7-5-11/h4-7,10H,2-3,8-9H2,1H3,(H,16,17). The minimum absolute atomic E-state index is 0.0341. The van der Waals surface area contributed by atoms with E-state index in [9.17, 15) is 4.79 Å². The van der Waals surface area contributed by atoms with Gasteiger partial charge in [0.25, 0.3) is 5.91 Å². The van der Waals surface area contributed by atoms with Gasteiger partial charge in [-0.15, -0.1) is 0 Å². The van der Waals surface area contributed by atoms with Crippen LogP contribution in [0.25, 0.3) is 0 Å². The quantitative estimate of drug-likeness (QED) is 0.626. The van der Waals surface area contributed by atoms with Crippen molar-refractivity contribution in [3.63, 3.8) is 0 Å². The largest absolute Gasteiger partial charge is 0.352 e. The Kier molecular flexibility index (Phi) is 6.60. The van der Waals surface area contributed by atoms with E-state index >= 15 is 0 Å². The van der Waals surface area contributed by atoms with Crippen molar-refractivity contribution in [1.82, 2.24) is 5.32 Å². The summed E-state index contributed by atoms with van der Waals surface area (Å²) >= 11 is 9.20. The van der Waals surface area contributed by atoms with Gasteiger partial charge in [0.05, 0.1) is 0 Å². The lowest BCUT2D eigenvalue weighted by atomic mass is 10.1. The summed E-state index contributed by atoms with van der Waals surface area (Å²) in [6.45, 7) is 2.91. The summed E-state index contributed by atoms with van der Waals surface area (Å²) < 4.78 is 0. The zero-order valence-corrected chi connectivity index (χ0v) is 12.2. The Morgan fingerprint density at radius 1 is 1.41 bits per heavy atom. The van der Waals surface area contributed by atoms with Crippen LogP contribution in [0, 0.1) is 5.92 Å². The van der Waals surface area contributed by atoms with Crippen LogP contribution in [0.5, 0.6) is 0 Å². The van der Waals surface area contributed by atoms with Crippen LogP contribution in [0.1, 0.15) is 30.1 Å². The first-order valence-electron chi connectivity index (χ1n) is 5.73. The molecule has 0 aliphatic heterocycles. The molecule has 1 rings (SSSR count). The predicted molar refractivity (Wildman–Crippen MR) is 76.0 cm³/mol. The fourth-order valence-electron chi connectivity index (χ4n) is 1.43. The van der Waals surface area contributed by atoms with E-state index in [1.165, 1.54) is 0 Å². The van der Waals surface area contributed by atoms with Crippen molar-refractivity contribution in [2.75, 3.05) is 11.9 Å². The van der Waals surface area contributed by atoms with Crippen LogP contribution in [-0.4, -0.2) is 17.8 Å². The second kappa shape index (κ2) is 7.72. The Morgan fingerprint density at radius 2 is 2.06 bits per heavy atom. The summed E-state index contributed by atoms with van der Waals surface area (Å²) in [6, 6.07) is 6.92. The number of benzene rings is 1. The normalized spacial score (nSPS) is 12.2. The van der Waals surface area contributed by atoms with Gasteiger partial charge in [0.2, 0.25) is 0 Å². The first kappa shape index (κ1) is 14.5. The molecule has 1 atom stereocenters. The van der Waals surface area contributed by atoms with Gasteiger partial charge in [0, 0.05) is 22.5 Å². The second-order valence-electron chi connectivity index (χ2n) is 4.16. The molecule has 0 radical (unpaired) electrons. The molecule has 1 unspecified atom stereocenters. The van der Waals surface area contributed by atoms with Gasteiger partial charge in [-0.2, -0.15) is 0 Å². The molecule has 94 valence electrons. The summed E-state index contributed by atoms with van der Waals surface area (Å²) in [5.74, 6) is 0.621. The molecule has 1 aromatic carbocycles. The van der Waals surface area contributed by atoms with Crippen molar-refractivity contribution in [2.45, 2.75) is 19.8 Å². The molecule has 0 spiro atoms. The van der Waals surface area contributed by atoms with E-state index in [4.69, 9.17) is 11.6 Å². The minimum Gasteiger partial charge on any atom is -0.352 e. The summed E-state index contributed by atoms with van der Waals surface area (Å²) in [5.41, 5.74) is 0.655. The van der Waals surface area contributed by atoms with Crippen LogP contribution in [-0.2, 0) is 0 Å². The average molecular weight is 319 g/mol. The van der Waals surface area contributed by atoms with Gasteiger partial charge in [-0.3, -0.25) is 4.79 Å². The molecular formula is C13H17BrClNO. The zero-order valence-electron chi connectivity index (χ0n) is 9.88. The zero-order chi connectivity index (χ0) is 12.7. The SMILES string of the molecule is CC(CBr)CCCNC(=O)c1ccc(Cl)cc1. The molecular weight excluding hydrogens is 302 g/mol. The summed E-state index contributed by atoms with van der Waals surface area (Å²) in [6.07, 6.45) is 2.12. The number of nitrogens with one attached hydrogen (secondary N) is 1. The maximum absolute atomic E-state index is 11.7. The highest BCUT2D eigenvalue weighted by Gasteiger charge is 2.04. The molecule has 1 amide bonds. The number of alkyl halides is 1. The van der Waals surface area contributed by atoms with E-state index in [1.54, 1.807) is 24.3 Å². The molecule has 0 aliphatic rings. The van der Waals surface area contributed by atoms with Gasteiger partial charge < -0.3 is 5.32 Å². The number of hydrogen-bond donors (Lipinski definition) is 1. The molecule has 1 N–H and O–H groups in total. The highest BCUT2D eigenvalue weighted by atomic mass is 79.9.